The van der Waals surface area contributed by atoms with Gasteiger partial charge >= 0.3 is 0 Å². The van der Waals surface area contributed by atoms with Gasteiger partial charge in [-0.2, -0.15) is 0 Å². The van der Waals surface area contributed by atoms with E-state index in [2.05, 4.69) is 11.8 Å². The number of likely N-dealkylation sites (N-methyl/N-ethyl adjacent to an activating group) is 1. The van der Waals surface area contributed by atoms with Crippen molar-refractivity contribution in [1.29, 1.82) is 0 Å². The third-order valence-corrected chi connectivity index (χ3v) is 3.87. The van der Waals surface area contributed by atoms with E-state index in [4.69, 9.17) is 14.9 Å². The number of nitrogens with two attached hydrogens (primary N) is 1. The number of ether oxygens (including phenoxy) is 1. The van der Waals surface area contributed by atoms with E-state index in [0.29, 0.717) is 12.4 Å². The predicted octanol–water partition coefficient (Wildman–Crippen LogP) is 2.29. The van der Waals surface area contributed by atoms with Crippen LogP contribution in [0.3, 0.4) is 0 Å². The fraction of sp³-hybridized carbons (Fsp3) is 0.467. The number of fused-ring (bicyclic) bond motifs is 1. The molecule has 0 aliphatic carbocycles. The van der Waals surface area contributed by atoms with Crippen molar-refractivity contribution in [3.63, 3.8) is 0 Å². The van der Waals surface area contributed by atoms with Crippen LogP contribution in [-0.2, 0) is 4.74 Å². The third kappa shape index (κ3) is 2.44. The smallest absolute Gasteiger partial charge is 0.169 e. The average molecular weight is 278 g/mol. The van der Waals surface area contributed by atoms with Crippen LogP contribution in [0.25, 0.3) is 11.0 Å². The minimum absolute atomic E-state index is 0.118. The number of rotatable bonds is 3. The summed E-state index contributed by atoms with van der Waals surface area (Å²) in [6.45, 7) is 5.46. The topological polar surface area (TPSA) is 51.6 Å². The second kappa shape index (κ2) is 5.52. The van der Waals surface area contributed by atoms with Crippen molar-refractivity contribution < 1.29 is 13.5 Å². The average Bonchev–Trinajstić information content (AvgIpc) is 2.92. The van der Waals surface area contributed by atoms with Gasteiger partial charge < -0.3 is 14.9 Å². The Bertz CT molecular complexity index is 599. The van der Waals surface area contributed by atoms with E-state index in [1.54, 1.807) is 12.1 Å². The van der Waals surface area contributed by atoms with Crippen molar-refractivity contribution in [2.24, 2.45) is 5.73 Å². The largest absolute Gasteiger partial charge is 0.456 e. The maximum absolute atomic E-state index is 13.6. The molecule has 0 spiro atoms. The van der Waals surface area contributed by atoms with E-state index >= 15 is 0 Å². The molecule has 0 amide bonds. The number of morpholine rings is 1. The molecule has 2 aromatic rings. The number of hydrogen-bond donors (Lipinski definition) is 1. The second-order valence-corrected chi connectivity index (χ2v) is 5.14. The molecule has 1 aromatic heterocycles. The van der Waals surface area contributed by atoms with Gasteiger partial charge in [-0.15, -0.1) is 0 Å². The molecule has 2 unspecified atom stereocenters. The molecule has 1 fully saturated rings. The molecule has 0 saturated carbocycles. The minimum Gasteiger partial charge on any atom is -0.456 e. The summed E-state index contributed by atoms with van der Waals surface area (Å²) < 4.78 is 25.0. The molecule has 5 heteroatoms. The first-order valence-corrected chi connectivity index (χ1v) is 6.96. The monoisotopic (exact) mass is 278 g/mol. The van der Waals surface area contributed by atoms with Gasteiger partial charge in [0.15, 0.2) is 11.4 Å². The summed E-state index contributed by atoms with van der Waals surface area (Å²) in [5.74, 6) is 0.216. The molecule has 108 valence electrons. The van der Waals surface area contributed by atoms with Crippen molar-refractivity contribution in [3.8, 4) is 0 Å². The lowest BCUT2D eigenvalue weighted by Crippen LogP contribution is -2.46. The number of furan rings is 1. The highest BCUT2D eigenvalue weighted by Crippen LogP contribution is 2.28. The Hall–Kier alpha value is -1.43. The lowest BCUT2D eigenvalue weighted by atomic mass is 10.1. The van der Waals surface area contributed by atoms with Gasteiger partial charge in [0.25, 0.3) is 0 Å². The molecule has 0 radical (unpaired) electrons. The maximum Gasteiger partial charge on any atom is 0.169 e. The van der Waals surface area contributed by atoms with Crippen molar-refractivity contribution >= 4 is 11.0 Å². The summed E-state index contributed by atoms with van der Waals surface area (Å²) in [5.41, 5.74) is 6.50. The first-order valence-electron chi connectivity index (χ1n) is 6.96. The van der Waals surface area contributed by atoms with E-state index in [1.165, 1.54) is 6.07 Å². The number of halogens is 1. The molecule has 3 rings (SSSR count). The molecule has 1 aliphatic heterocycles. The van der Waals surface area contributed by atoms with Crippen molar-refractivity contribution in [3.05, 3.63) is 35.8 Å². The van der Waals surface area contributed by atoms with E-state index < -0.39 is 0 Å². The molecule has 1 saturated heterocycles. The zero-order chi connectivity index (χ0) is 14.1. The van der Waals surface area contributed by atoms with Gasteiger partial charge in [0.2, 0.25) is 0 Å². The van der Waals surface area contributed by atoms with Gasteiger partial charge in [-0.1, -0.05) is 19.1 Å². The van der Waals surface area contributed by atoms with Crippen LogP contribution in [0, 0.1) is 5.82 Å². The van der Waals surface area contributed by atoms with E-state index in [-0.39, 0.29) is 23.5 Å². The Balaban J connectivity index is 1.84. The first kappa shape index (κ1) is 13.5. The Kier molecular flexibility index (Phi) is 3.74. The highest BCUT2D eigenvalue weighted by Gasteiger charge is 2.28. The van der Waals surface area contributed by atoms with Crippen LogP contribution >= 0.6 is 0 Å². The van der Waals surface area contributed by atoms with Crippen molar-refractivity contribution in [2.45, 2.75) is 19.1 Å². The molecular formula is C15H19FN2O2. The summed E-state index contributed by atoms with van der Waals surface area (Å²) in [6, 6.07) is 6.29. The summed E-state index contributed by atoms with van der Waals surface area (Å²) in [5, 5.41) is 0.735. The highest BCUT2D eigenvalue weighted by atomic mass is 19.1. The van der Waals surface area contributed by atoms with Crippen LogP contribution in [0.1, 0.15) is 18.7 Å². The summed E-state index contributed by atoms with van der Waals surface area (Å²) >= 11 is 0. The second-order valence-electron chi connectivity index (χ2n) is 5.14. The lowest BCUT2D eigenvalue weighted by Gasteiger charge is -2.34. The molecule has 20 heavy (non-hydrogen) atoms. The zero-order valence-electron chi connectivity index (χ0n) is 11.5. The number of benzene rings is 1. The van der Waals surface area contributed by atoms with Crippen LogP contribution < -0.4 is 5.73 Å². The fourth-order valence-electron chi connectivity index (χ4n) is 2.63. The number of para-hydroxylation sites is 1. The van der Waals surface area contributed by atoms with Crippen LogP contribution in [-0.4, -0.2) is 37.2 Å². The zero-order valence-corrected chi connectivity index (χ0v) is 11.5. The molecule has 4 nitrogen and oxygen atoms in total. The molecule has 2 N–H and O–H groups in total. The van der Waals surface area contributed by atoms with Gasteiger partial charge in [0.05, 0.1) is 18.8 Å². The summed E-state index contributed by atoms with van der Waals surface area (Å²) in [7, 11) is 0. The van der Waals surface area contributed by atoms with Crippen molar-refractivity contribution in [2.75, 3.05) is 26.2 Å². The molecule has 2 heterocycles. The molecular weight excluding hydrogens is 259 g/mol. The number of hydrogen-bond acceptors (Lipinski definition) is 4. The van der Waals surface area contributed by atoms with Gasteiger partial charge in [0, 0.05) is 18.5 Å². The third-order valence-electron chi connectivity index (χ3n) is 3.87. The maximum atomic E-state index is 13.6. The van der Waals surface area contributed by atoms with Gasteiger partial charge in [-0.3, -0.25) is 4.90 Å². The first-order chi connectivity index (χ1) is 9.69. The molecule has 2 atom stereocenters. The normalized spacial score (nSPS) is 22.2. The highest BCUT2D eigenvalue weighted by molar-refractivity contribution is 5.78. The van der Waals surface area contributed by atoms with Crippen LogP contribution in [0.4, 0.5) is 4.39 Å². The Morgan fingerprint density at radius 1 is 1.50 bits per heavy atom. The SMILES string of the molecule is CCN1CCOC(C(N)c2cc3cccc(F)c3o2)C1. The fourth-order valence-corrected chi connectivity index (χ4v) is 2.63. The lowest BCUT2D eigenvalue weighted by molar-refractivity contribution is -0.0420. The quantitative estimate of drug-likeness (QED) is 0.936. The molecule has 1 aliphatic rings. The van der Waals surface area contributed by atoms with Crippen LogP contribution in [0.2, 0.25) is 0 Å². The number of nitrogens with zero attached hydrogens (tertiary/aromatic N) is 1. The van der Waals surface area contributed by atoms with Crippen LogP contribution in [0.5, 0.6) is 0 Å². The van der Waals surface area contributed by atoms with E-state index in [0.717, 1.165) is 25.0 Å². The summed E-state index contributed by atoms with van der Waals surface area (Å²) in [6.07, 6.45) is -0.118. The van der Waals surface area contributed by atoms with E-state index in [1.807, 2.05) is 6.07 Å². The predicted molar refractivity (Wildman–Crippen MR) is 75.0 cm³/mol. The van der Waals surface area contributed by atoms with Crippen molar-refractivity contribution in [1.82, 2.24) is 4.90 Å². The summed E-state index contributed by atoms with van der Waals surface area (Å²) in [4.78, 5) is 2.29. The Labute approximate surface area is 117 Å². The van der Waals surface area contributed by atoms with Crippen LogP contribution in [0.15, 0.2) is 28.7 Å². The minimum atomic E-state index is -0.379. The Morgan fingerprint density at radius 2 is 2.35 bits per heavy atom. The molecule has 0 bridgehead atoms. The Morgan fingerprint density at radius 3 is 3.10 bits per heavy atom. The van der Waals surface area contributed by atoms with Gasteiger partial charge in [-0.05, 0) is 18.7 Å². The van der Waals surface area contributed by atoms with Gasteiger partial charge in [-0.25, -0.2) is 4.39 Å². The van der Waals surface area contributed by atoms with E-state index in [9.17, 15) is 4.39 Å². The standard InChI is InChI=1S/C15H19FN2O2/c1-2-18-6-7-19-13(9-18)14(17)12-8-10-4-3-5-11(16)15(10)20-12/h3-5,8,13-14H,2,6-7,9,17H2,1H3. The molecule has 1 aromatic carbocycles. The van der Waals surface area contributed by atoms with Gasteiger partial charge in [0.1, 0.15) is 5.76 Å².